The second-order valence-corrected chi connectivity index (χ2v) is 7.07. The number of nitrogens with zero attached hydrogens (tertiary/aromatic N) is 2. The fraction of sp³-hybridized carbons (Fsp3) is 0.250. The molecule has 0 aliphatic rings. The van der Waals surface area contributed by atoms with Gasteiger partial charge in [0, 0.05) is 48.8 Å². The summed E-state index contributed by atoms with van der Waals surface area (Å²) in [5.74, 6) is 1.84. The lowest BCUT2D eigenvalue weighted by Crippen LogP contribution is -2.23. The highest BCUT2D eigenvalue weighted by Crippen LogP contribution is 2.28. The second-order valence-electron chi connectivity index (χ2n) is 7.07. The first kappa shape index (κ1) is 26.3. The number of methoxy groups -OCH3 is 1. The van der Waals surface area contributed by atoms with E-state index in [1.807, 2.05) is 76.2 Å². The van der Waals surface area contributed by atoms with E-state index in [1.165, 1.54) is 0 Å². The zero-order valence-corrected chi connectivity index (χ0v) is 20.8. The number of ether oxygens (including phenoxy) is 2. The van der Waals surface area contributed by atoms with Gasteiger partial charge in [-0.3, -0.25) is 14.8 Å². The molecular formula is C28H33N3O3. The molecule has 3 aromatic rings. The summed E-state index contributed by atoms with van der Waals surface area (Å²) >= 11 is 0. The lowest BCUT2D eigenvalue weighted by atomic mass is 10.1. The van der Waals surface area contributed by atoms with Crippen molar-refractivity contribution in [3.8, 4) is 17.2 Å². The van der Waals surface area contributed by atoms with Crippen LogP contribution in [0, 0.1) is 6.92 Å². The van der Waals surface area contributed by atoms with E-state index in [0.717, 1.165) is 28.1 Å². The summed E-state index contributed by atoms with van der Waals surface area (Å²) in [5.41, 5.74) is 3.95. The average Bonchev–Trinajstić information content (AvgIpc) is 2.88. The summed E-state index contributed by atoms with van der Waals surface area (Å²) in [4.78, 5) is 21.3. The van der Waals surface area contributed by atoms with Gasteiger partial charge < -0.3 is 14.8 Å². The van der Waals surface area contributed by atoms with Crippen LogP contribution < -0.4 is 14.8 Å². The Morgan fingerprint density at radius 2 is 1.85 bits per heavy atom. The maximum Gasteiger partial charge on any atom is 0.251 e. The molecule has 1 amide bonds. The highest BCUT2D eigenvalue weighted by Gasteiger charge is 2.13. The smallest absolute Gasteiger partial charge is 0.251 e. The Hall–Kier alpha value is -3.93. The standard InChI is InChI=1S/C26H27N3O3.C2H6/c1-5-20(17-27-3)24-15-22(12-13-28-24)32-25-11-7-10-23(18(25)2)26(30)29-16-19-8-6-9-21(14-19)31-4;1-2/h5-15,17H,16H2,1-4H3,(H,29,30);1-2H3/b20-5+,27-17?;. The molecule has 0 saturated heterocycles. The molecule has 6 heteroatoms. The number of hydrogen-bond donors (Lipinski definition) is 1. The number of carbonyl (C=O) groups excluding carboxylic acids is 1. The summed E-state index contributed by atoms with van der Waals surface area (Å²) < 4.78 is 11.3. The number of benzene rings is 2. The Bertz CT molecular complexity index is 1150. The first-order chi connectivity index (χ1) is 16.5. The number of rotatable bonds is 8. The Kier molecular flexibility index (Phi) is 10.5. The third-order valence-electron chi connectivity index (χ3n) is 4.95. The molecule has 0 spiro atoms. The molecule has 0 aliphatic heterocycles. The zero-order valence-electron chi connectivity index (χ0n) is 20.8. The molecule has 2 aromatic carbocycles. The summed E-state index contributed by atoms with van der Waals surface area (Å²) in [6.07, 6.45) is 5.39. The van der Waals surface area contributed by atoms with E-state index in [1.54, 1.807) is 38.7 Å². The quantitative estimate of drug-likeness (QED) is 0.404. The summed E-state index contributed by atoms with van der Waals surface area (Å²) in [6, 6.07) is 16.7. The molecule has 6 nitrogen and oxygen atoms in total. The maximum absolute atomic E-state index is 12.8. The summed E-state index contributed by atoms with van der Waals surface area (Å²) in [6.45, 7) is 8.21. The van der Waals surface area contributed by atoms with Crippen LogP contribution in [0.1, 0.15) is 48.0 Å². The summed E-state index contributed by atoms with van der Waals surface area (Å²) in [7, 11) is 3.34. The van der Waals surface area contributed by atoms with Crippen LogP contribution in [0.2, 0.25) is 0 Å². The lowest BCUT2D eigenvalue weighted by molar-refractivity contribution is 0.0950. The number of amides is 1. The average molecular weight is 460 g/mol. The Morgan fingerprint density at radius 1 is 1.09 bits per heavy atom. The Labute approximate surface area is 202 Å². The molecule has 1 heterocycles. The van der Waals surface area contributed by atoms with Crippen molar-refractivity contribution < 1.29 is 14.3 Å². The van der Waals surface area contributed by atoms with Crippen LogP contribution in [0.15, 0.2) is 71.9 Å². The Balaban J connectivity index is 0.00000199. The lowest BCUT2D eigenvalue weighted by Gasteiger charge is -2.13. The van der Waals surface area contributed by atoms with E-state index < -0.39 is 0 Å². The molecule has 0 radical (unpaired) electrons. The molecule has 3 rings (SSSR count). The SMILES string of the molecule is C/C=C(\C=NC)c1cc(Oc2cccc(C(=O)NCc3cccc(OC)c3)c2C)ccn1.CC. The molecule has 178 valence electrons. The third kappa shape index (κ3) is 7.04. The van der Waals surface area contributed by atoms with Crippen molar-refractivity contribution in [2.24, 2.45) is 4.99 Å². The van der Waals surface area contributed by atoms with Gasteiger partial charge in [0.2, 0.25) is 0 Å². The third-order valence-corrected chi connectivity index (χ3v) is 4.95. The van der Waals surface area contributed by atoms with Gasteiger partial charge in [0.15, 0.2) is 0 Å². The van der Waals surface area contributed by atoms with E-state index in [2.05, 4.69) is 15.3 Å². The van der Waals surface area contributed by atoms with Crippen LogP contribution in [0.4, 0.5) is 0 Å². The van der Waals surface area contributed by atoms with Gasteiger partial charge in [-0.15, -0.1) is 0 Å². The van der Waals surface area contributed by atoms with Crippen molar-refractivity contribution in [2.75, 3.05) is 14.2 Å². The van der Waals surface area contributed by atoms with Gasteiger partial charge in [-0.05, 0) is 49.7 Å². The normalized spacial score (nSPS) is 10.9. The predicted octanol–water partition coefficient (Wildman–Crippen LogP) is 6.25. The van der Waals surface area contributed by atoms with Crippen LogP contribution in [-0.2, 0) is 6.54 Å². The predicted molar refractivity (Wildman–Crippen MR) is 139 cm³/mol. The largest absolute Gasteiger partial charge is 0.497 e. The minimum atomic E-state index is -0.165. The van der Waals surface area contributed by atoms with Crippen molar-refractivity contribution in [1.82, 2.24) is 10.3 Å². The fourth-order valence-corrected chi connectivity index (χ4v) is 3.22. The minimum absolute atomic E-state index is 0.165. The van der Waals surface area contributed by atoms with Crippen molar-refractivity contribution in [1.29, 1.82) is 0 Å². The van der Waals surface area contributed by atoms with Crippen LogP contribution in [0.25, 0.3) is 5.57 Å². The number of aliphatic imine (C=N–C) groups is 1. The van der Waals surface area contributed by atoms with Gasteiger partial charge in [0.25, 0.3) is 5.91 Å². The molecule has 34 heavy (non-hydrogen) atoms. The Morgan fingerprint density at radius 3 is 2.56 bits per heavy atom. The number of pyridine rings is 1. The van der Waals surface area contributed by atoms with Crippen LogP contribution in [0.3, 0.4) is 0 Å². The van der Waals surface area contributed by atoms with E-state index >= 15 is 0 Å². The van der Waals surface area contributed by atoms with E-state index in [-0.39, 0.29) is 5.91 Å². The highest BCUT2D eigenvalue weighted by atomic mass is 16.5. The van der Waals surface area contributed by atoms with E-state index in [0.29, 0.717) is 23.6 Å². The molecule has 1 N–H and O–H groups in total. The topological polar surface area (TPSA) is 72.8 Å². The minimum Gasteiger partial charge on any atom is -0.497 e. The van der Waals surface area contributed by atoms with Crippen LogP contribution in [-0.4, -0.2) is 31.3 Å². The molecule has 0 unspecified atom stereocenters. The maximum atomic E-state index is 12.8. The number of aromatic nitrogens is 1. The van der Waals surface area contributed by atoms with Crippen molar-refractivity contribution in [2.45, 2.75) is 34.2 Å². The number of allylic oxidation sites excluding steroid dienone is 2. The van der Waals surface area contributed by atoms with Gasteiger partial charge in [0.05, 0.1) is 12.8 Å². The molecule has 1 aromatic heterocycles. The van der Waals surface area contributed by atoms with Gasteiger partial charge >= 0.3 is 0 Å². The molecule has 0 fully saturated rings. The molecule has 0 saturated carbocycles. The van der Waals surface area contributed by atoms with E-state index in [9.17, 15) is 4.79 Å². The zero-order chi connectivity index (χ0) is 24.9. The molecular weight excluding hydrogens is 426 g/mol. The fourth-order valence-electron chi connectivity index (χ4n) is 3.22. The number of carbonyl (C=O) groups is 1. The van der Waals surface area contributed by atoms with Crippen LogP contribution in [0.5, 0.6) is 17.2 Å². The van der Waals surface area contributed by atoms with Crippen molar-refractivity contribution in [3.05, 3.63) is 89.3 Å². The second kappa shape index (κ2) is 13.6. The summed E-state index contributed by atoms with van der Waals surface area (Å²) in [5, 5.41) is 2.96. The molecule has 0 bridgehead atoms. The van der Waals surface area contributed by atoms with Gasteiger partial charge in [0.1, 0.15) is 17.2 Å². The van der Waals surface area contributed by atoms with Gasteiger partial charge in [-0.1, -0.05) is 38.1 Å². The van der Waals surface area contributed by atoms with Gasteiger partial charge in [-0.25, -0.2) is 0 Å². The monoisotopic (exact) mass is 459 g/mol. The van der Waals surface area contributed by atoms with Crippen LogP contribution >= 0.6 is 0 Å². The van der Waals surface area contributed by atoms with Crippen molar-refractivity contribution in [3.63, 3.8) is 0 Å². The first-order valence-electron chi connectivity index (χ1n) is 11.3. The number of hydrogen-bond acceptors (Lipinski definition) is 5. The van der Waals surface area contributed by atoms with Gasteiger partial charge in [-0.2, -0.15) is 0 Å². The molecule has 0 aliphatic carbocycles. The first-order valence-corrected chi connectivity index (χ1v) is 11.3. The highest BCUT2D eigenvalue weighted by molar-refractivity contribution is 6.08. The van der Waals surface area contributed by atoms with Crippen molar-refractivity contribution >= 4 is 17.7 Å². The molecule has 0 atom stereocenters. The number of nitrogens with one attached hydrogen (secondary N) is 1. The van der Waals surface area contributed by atoms with E-state index in [4.69, 9.17) is 9.47 Å².